The second-order valence-corrected chi connectivity index (χ2v) is 5.88. The lowest BCUT2D eigenvalue weighted by Crippen LogP contribution is -2.32. The van der Waals surface area contributed by atoms with E-state index in [0.717, 1.165) is 4.68 Å². The van der Waals surface area contributed by atoms with Crippen LogP contribution in [0.25, 0.3) is 10.4 Å². The zero-order chi connectivity index (χ0) is 17.7. The topological polar surface area (TPSA) is 142 Å². The zero-order valence-corrected chi connectivity index (χ0v) is 14.9. The smallest absolute Gasteiger partial charge is 0.345 e. The molecule has 0 atom stereocenters. The van der Waals surface area contributed by atoms with Gasteiger partial charge < -0.3 is 10.2 Å². The van der Waals surface area contributed by atoms with Crippen LogP contribution in [0.15, 0.2) is 23.3 Å². The summed E-state index contributed by atoms with van der Waals surface area (Å²) in [6.07, 6.45) is 0. The lowest BCUT2D eigenvalue weighted by atomic mass is 10.2. The fourth-order valence-electron chi connectivity index (χ4n) is 1.69. The normalized spacial score (nSPS) is 9.96. The first-order valence-corrected chi connectivity index (χ1v) is 7.63. The summed E-state index contributed by atoms with van der Waals surface area (Å²) >= 11 is 1.97. The monoisotopic (exact) mass is 441 g/mol. The molecule has 0 aliphatic rings. The molecule has 24 heavy (non-hydrogen) atoms. The quantitative estimate of drug-likeness (QED) is 0.253. The summed E-state index contributed by atoms with van der Waals surface area (Å²) in [5, 5.41) is 16.9. The molecule has 1 aromatic heterocycles. The molecule has 1 N–H and O–H groups in total. The SMILES string of the molecule is CN(C)C(=O)n1nnnc1CNC(=O)c1ccc(N=[N+]=[N-])c(I)c1. The number of nitrogens with zero attached hydrogens (tertiary/aromatic N) is 8. The van der Waals surface area contributed by atoms with Gasteiger partial charge in [-0.25, -0.2) is 4.79 Å². The van der Waals surface area contributed by atoms with Crippen LogP contribution in [0.4, 0.5) is 10.5 Å². The molecule has 0 spiro atoms. The maximum atomic E-state index is 12.2. The first kappa shape index (κ1) is 17.6. The molecule has 0 bridgehead atoms. The van der Waals surface area contributed by atoms with Crippen molar-refractivity contribution in [1.82, 2.24) is 30.4 Å². The molecule has 0 saturated carbocycles. The summed E-state index contributed by atoms with van der Waals surface area (Å²) in [7, 11) is 3.14. The highest BCUT2D eigenvalue weighted by Gasteiger charge is 2.16. The molecule has 2 aromatic rings. The lowest BCUT2D eigenvalue weighted by Gasteiger charge is -2.10. The number of carbonyl (C=O) groups excluding carboxylic acids is 2. The Bertz CT molecular complexity index is 826. The van der Waals surface area contributed by atoms with Gasteiger partial charge in [-0.15, -0.1) is 9.78 Å². The van der Waals surface area contributed by atoms with Crippen molar-refractivity contribution in [3.8, 4) is 0 Å². The zero-order valence-electron chi connectivity index (χ0n) is 12.7. The molecule has 124 valence electrons. The van der Waals surface area contributed by atoms with E-state index >= 15 is 0 Å². The van der Waals surface area contributed by atoms with Gasteiger partial charge in [0.25, 0.3) is 5.91 Å². The third-order valence-electron chi connectivity index (χ3n) is 2.87. The molecule has 0 saturated heterocycles. The molecular formula is C12H12IN9O2. The second-order valence-electron chi connectivity index (χ2n) is 4.72. The van der Waals surface area contributed by atoms with Crippen LogP contribution in [0.5, 0.6) is 0 Å². The number of carbonyl (C=O) groups is 2. The maximum absolute atomic E-state index is 12.2. The molecule has 0 unspecified atom stereocenters. The Hall–Kier alpha value is -2.73. The van der Waals surface area contributed by atoms with Crippen molar-refractivity contribution < 1.29 is 9.59 Å². The van der Waals surface area contributed by atoms with Gasteiger partial charge in [-0.05, 0) is 50.7 Å². The maximum Gasteiger partial charge on any atom is 0.347 e. The second kappa shape index (κ2) is 7.70. The van der Waals surface area contributed by atoms with Crippen LogP contribution < -0.4 is 5.32 Å². The van der Waals surface area contributed by atoms with Crippen molar-refractivity contribution in [2.45, 2.75) is 6.54 Å². The first-order valence-electron chi connectivity index (χ1n) is 6.55. The van der Waals surface area contributed by atoms with Crippen LogP contribution in [0.3, 0.4) is 0 Å². The van der Waals surface area contributed by atoms with Crippen molar-refractivity contribution in [2.24, 2.45) is 5.11 Å². The highest BCUT2D eigenvalue weighted by atomic mass is 127. The number of benzene rings is 1. The molecular weight excluding hydrogens is 429 g/mol. The first-order chi connectivity index (χ1) is 11.4. The Labute approximate surface area is 149 Å². The number of halogens is 1. The number of hydrogen-bond donors (Lipinski definition) is 1. The minimum absolute atomic E-state index is 0.0138. The number of nitrogens with one attached hydrogen (secondary N) is 1. The molecule has 0 aliphatic heterocycles. The average Bonchev–Trinajstić information content (AvgIpc) is 3.02. The standard InChI is InChI=1S/C12H12IN9O2/c1-21(2)12(24)22-10(17-19-20-22)6-15-11(23)7-3-4-9(16-18-14)8(13)5-7/h3-5H,6H2,1-2H3,(H,15,23). The minimum atomic E-state index is -0.419. The highest BCUT2D eigenvalue weighted by molar-refractivity contribution is 14.1. The van der Waals surface area contributed by atoms with E-state index in [1.807, 2.05) is 22.6 Å². The number of tetrazole rings is 1. The van der Waals surface area contributed by atoms with E-state index in [1.54, 1.807) is 26.2 Å². The predicted octanol–water partition coefficient (Wildman–Crippen LogP) is 1.68. The van der Waals surface area contributed by atoms with E-state index in [4.69, 9.17) is 5.53 Å². The van der Waals surface area contributed by atoms with Gasteiger partial charge in [0.1, 0.15) is 0 Å². The number of amides is 2. The molecule has 1 heterocycles. The molecule has 0 radical (unpaired) electrons. The molecule has 0 aliphatic carbocycles. The summed E-state index contributed by atoms with van der Waals surface area (Å²) in [6, 6.07) is 4.26. The highest BCUT2D eigenvalue weighted by Crippen LogP contribution is 2.22. The van der Waals surface area contributed by atoms with Crippen molar-refractivity contribution >= 4 is 40.2 Å². The third-order valence-corrected chi connectivity index (χ3v) is 3.73. The molecule has 12 heteroatoms. The van der Waals surface area contributed by atoms with Gasteiger partial charge >= 0.3 is 6.03 Å². The molecule has 1 aromatic carbocycles. The summed E-state index contributed by atoms with van der Waals surface area (Å²) in [5.41, 5.74) is 9.27. The van der Waals surface area contributed by atoms with Gasteiger partial charge in [0.05, 0.1) is 12.2 Å². The van der Waals surface area contributed by atoms with Gasteiger partial charge in [-0.2, -0.15) is 0 Å². The van der Waals surface area contributed by atoms with Crippen LogP contribution in [0, 0.1) is 3.57 Å². The number of rotatable bonds is 4. The largest absolute Gasteiger partial charge is 0.347 e. The van der Waals surface area contributed by atoms with Crippen molar-refractivity contribution in [1.29, 1.82) is 0 Å². The summed E-state index contributed by atoms with van der Waals surface area (Å²) < 4.78 is 1.65. The van der Waals surface area contributed by atoms with E-state index in [0.29, 0.717) is 14.8 Å². The fraction of sp³-hybridized carbons (Fsp3) is 0.250. The van der Waals surface area contributed by atoms with Crippen LogP contribution in [-0.4, -0.2) is 51.1 Å². The van der Waals surface area contributed by atoms with Crippen LogP contribution in [-0.2, 0) is 6.54 Å². The molecule has 2 amide bonds. The van der Waals surface area contributed by atoms with Crippen LogP contribution >= 0.6 is 22.6 Å². The summed E-state index contributed by atoms with van der Waals surface area (Å²) in [4.78, 5) is 28.1. The van der Waals surface area contributed by atoms with Crippen molar-refractivity contribution in [3.63, 3.8) is 0 Å². The van der Waals surface area contributed by atoms with E-state index < -0.39 is 6.03 Å². The number of hydrogen-bond acceptors (Lipinski definition) is 6. The van der Waals surface area contributed by atoms with Crippen molar-refractivity contribution in [2.75, 3.05) is 14.1 Å². The predicted molar refractivity (Wildman–Crippen MR) is 91.4 cm³/mol. The fourth-order valence-corrected chi connectivity index (χ4v) is 2.32. The van der Waals surface area contributed by atoms with Gasteiger partial charge in [-0.3, -0.25) is 4.79 Å². The Morgan fingerprint density at radius 2 is 2.21 bits per heavy atom. The van der Waals surface area contributed by atoms with Crippen LogP contribution in [0.1, 0.15) is 16.2 Å². The Balaban J connectivity index is 2.09. The van der Waals surface area contributed by atoms with E-state index in [1.165, 1.54) is 11.0 Å². The van der Waals surface area contributed by atoms with Crippen molar-refractivity contribution in [3.05, 3.63) is 43.6 Å². The average molecular weight is 441 g/mol. The number of azide groups is 1. The minimum Gasteiger partial charge on any atom is -0.345 e. The van der Waals surface area contributed by atoms with E-state index in [2.05, 4.69) is 30.9 Å². The van der Waals surface area contributed by atoms with Crippen LogP contribution in [0.2, 0.25) is 0 Å². The Kier molecular flexibility index (Phi) is 5.65. The lowest BCUT2D eigenvalue weighted by molar-refractivity contribution is 0.0949. The summed E-state index contributed by atoms with van der Waals surface area (Å²) in [5.74, 6) is -0.158. The Morgan fingerprint density at radius 1 is 1.46 bits per heavy atom. The van der Waals surface area contributed by atoms with Gasteiger partial charge in [-0.1, -0.05) is 11.2 Å². The van der Waals surface area contributed by atoms with Gasteiger partial charge in [0, 0.05) is 28.1 Å². The van der Waals surface area contributed by atoms with E-state index in [-0.39, 0.29) is 18.3 Å². The molecule has 2 rings (SSSR count). The molecule has 11 nitrogen and oxygen atoms in total. The third kappa shape index (κ3) is 3.97. The molecule has 0 fully saturated rings. The van der Waals surface area contributed by atoms with Gasteiger partial charge in [0.15, 0.2) is 5.82 Å². The Morgan fingerprint density at radius 3 is 2.83 bits per heavy atom. The number of aromatic nitrogens is 4. The van der Waals surface area contributed by atoms with E-state index in [9.17, 15) is 9.59 Å². The summed E-state index contributed by atoms with van der Waals surface area (Å²) in [6.45, 7) is -0.0138. The van der Waals surface area contributed by atoms with Gasteiger partial charge in [0.2, 0.25) is 0 Å².